The van der Waals surface area contributed by atoms with Crippen LogP contribution < -0.4 is 5.32 Å². The predicted octanol–water partition coefficient (Wildman–Crippen LogP) is 3.97. The third-order valence-electron chi connectivity index (χ3n) is 4.87. The molecule has 0 saturated carbocycles. The topological polar surface area (TPSA) is 66.5 Å². The maximum absolute atomic E-state index is 12.6. The minimum absolute atomic E-state index is 0.0514. The second-order valence-electron chi connectivity index (χ2n) is 8.05. The fourth-order valence-electron chi connectivity index (χ4n) is 3.41. The molecule has 0 aromatic heterocycles. The molecule has 0 radical (unpaired) electrons. The predicted molar refractivity (Wildman–Crippen MR) is 118 cm³/mol. The zero-order chi connectivity index (χ0) is 21.7. The smallest absolute Gasteiger partial charge is 0.235 e. The van der Waals surface area contributed by atoms with E-state index in [2.05, 4.69) is 31.3 Å². The van der Waals surface area contributed by atoms with Gasteiger partial charge in [0.25, 0.3) is 0 Å². The van der Waals surface area contributed by atoms with E-state index in [1.165, 1.54) is 5.56 Å². The Labute approximate surface area is 179 Å². The van der Waals surface area contributed by atoms with Crippen molar-refractivity contribution >= 4 is 27.5 Å². The number of sulfonamides is 1. The summed E-state index contributed by atoms with van der Waals surface area (Å²) < 4.78 is 25.5. The van der Waals surface area contributed by atoms with Gasteiger partial charge < -0.3 is 5.32 Å². The van der Waals surface area contributed by atoms with E-state index < -0.39 is 10.0 Å². The minimum atomic E-state index is -3.57. The van der Waals surface area contributed by atoms with Gasteiger partial charge in [0.15, 0.2) is 0 Å². The fraction of sp³-hybridized carbons (Fsp3) is 0.409. The zero-order valence-corrected chi connectivity index (χ0v) is 18.9. The number of amides is 1. The van der Waals surface area contributed by atoms with E-state index in [-0.39, 0.29) is 30.5 Å². The summed E-state index contributed by atoms with van der Waals surface area (Å²) in [7, 11) is -3.57. The van der Waals surface area contributed by atoms with Gasteiger partial charge >= 0.3 is 0 Å². The standard InChI is InChI=1S/C22H29ClN2O3S/c1-17(14-22(2,3)19-11-6-5-7-12-19)24-21(26)16-25(29(4,27)28)15-18-10-8-9-13-20(18)23/h5-13,17H,14-16H2,1-4H3,(H,24,26)/t17-/m0/s1. The third-order valence-corrected chi connectivity index (χ3v) is 6.44. The SMILES string of the molecule is C[C@@H](CC(C)(C)c1ccccc1)NC(=O)CN(Cc1ccccc1Cl)S(C)(=O)=O. The molecular formula is C22H29ClN2O3S. The van der Waals surface area contributed by atoms with Crippen LogP contribution in [0.1, 0.15) is 38.3 Å². The van der Waals surface area contributed by atoms with Crippen molar-refractivity contribution in [2.24, 2.45) is 0 Å². The summed E-state index contributed by atoms with van der Waals surface area (Å²) in [5.74, 6) is -0.334. The number of hydrogen-bond donors (Lipinski definition) is 1. The van der Waals surface area contributed by atoms with E-state index in [0.717, 1.165) is 17.0 Å². The Balaban J connectivity index is 2.01. The fourth-order valence-corrected chi connectivity index (χ4v) is 4.33. The van der Waals surface area contributed by atoms with Crippen molar-refractivity contribution in [2.75, 3.05) is 12.8 Å². The normalized spacial score (nSPS) is 13.3. The number of benzene rings is 2. The monoisotopic (exact) mass is 436 g/mol. The average Bonchev–Trinajstić information content (AvgIpc) is 2.62. The molecule has 0 saturated heterocycles. The van der Waals surface area contributed by atoms with Crippen molar-refractivity contribution in [3.8, 4) is 0 Å². The molecule has 1 amide bonds. The molecule has 0 spiro atoms. The lowest BCUT2D eigenvalue weighted by molar-refractivity contribution is -0.122. The van der Waals surface area contributed by atoms with Crippen LogP contribution >= 0.6 is 11.6 Å². The Morgan fingerprint density at radius 3 is 2.28 bits per heavy atom. The van der Waals surface area contributed by atoms with Gasteiger partial charge in [0.05, 0.1) is 12.8 Å². The van der Waals surface area contributed by atoms with Crippen molar-refractivity contribution in [3.63, 3.8) is 0 Å². The van der Waals surface area contributed by atoms with E-state index >= 15 is 0 Å². The first kappa shape index (κ1) is 23.4. The van der Waals surface area contributed by atoms with Gasteiger partial charge in [-0.2, -0.15) is 4.31 Å². The van der Waals surface area contributed by atoms with Crippen LogP contribution in [0.15, 0.2) is 54.6 Å². The van der Waals surface area contributed by atoms with Gasteiger partial charge in [-0.15, -0.1) is 0 Å². The summed E-state index contributed by atoms with van der Waals surface area (Å²) in [6.07, 6.45) is 1.82. The summed E-state index contributed by atoms with van der Waals surface area (Å²) in [5.41, 5.74) is 1.73. The van der Waals surface area contributed by atoms with Gasteiger partial charge in [0, 0.05) is 17.6 Å². The van der Waals surface area contributed by atoms with Crippen LogP contribution in [0.5, 0.6) is 0 Å². The maximum atomic E-state index is 12.6. The van der Waals surface area contributed by atoms with Gasteiger partial charge in [-0.05, 0) is 36.0 Å². The molecule has 5 nitrogen and oxygen atoms in total. The summed E-state index contributed by atoms with van der Waals surface area (Å²) >= 11 is 6.15. The van der Waals surface area contributed by atoms with Crippen LogP contribution in [-0.2, 0) is 26.8 Å². The molecule has 2 aromatic rings. The highest BCUT2D eigenvalue weighted by Gasteiger charge is 2.26. The molecule has 1 N–H and O–H groups in total. The van der Waals surface area contributed by atoms with Crippen LogP contribution in [0.3, 0.4) is 0 Å². The second-order valence-corrected chi connectivity index (χ2v) is 10.4. The molecule has 0 aliphatic heterocycles. The Kier molecular flexibility index (Phi) is 7.86. The first-order chi connectivity index (χ1) is 13.5. The largest absolute Gasteiger partial charge is 0.352 e. The minimum Gasteiger partial charge on any atom is -0.352 e. The molecule has 2 rings (SSSR count). The van der Waals surface area contributed by atoms with Crippen molar-refractivity contribution in [2.45, 2.75) is 45.2 Å². The van der Waals surface area contributed by atoms with Gasteiger partial charge in [-0.1, -0.05) is 74.0 Å². The van der Waals surface area contributed by atoms with E-state index in [1.807, 2.05) is 25.1 Å². The number of carbonyl (C=O) groups is 1. The number of nitrogens with one attached hydrogen (secondary N) is 1. The molecule has 0 heterocycles. The van der Waals surface area contributed by atoms with E-state index in [0.29, 0.717) is 10.6 Å². The summed E-state index contributed by atoms with van der Waals surface area (Å²) in [4.78, 5) is 12.6. The highest BCUT2D eigenvalue weighted by molar-refractivity contribution is 7.88. The van der Waals surface area contributed by atoms with Gasteiger partial charge in [-0.25, -0.2) is 8.42 Å². The van der Waals surface area contributed by atoms with Gasteiger partial charge in [0.2, 0.25) is 15.9 Å². The van der Waals surface area contributed by atoms with Crippen LogP contribution in [0.4, 0.5) is 0 Å². The average molecular weight is 437 g/mol. The Hall–Kier alpha value is -1.89. The Morgan fingerprint density at radius 2 is 1.69 bits per heavy atom. The second kappa shape index (κ2) is 9.74. The van der Waals surface area contributed by atoms with E-state index in [1.54, 1.807) is 24.3 Å². The molecule has 158 valence electrons. The number of carbonyl (C=O) groups excluding carboxylic acids is 1. The van der Waals surface area contributed by atoms with E-state index in [9.17, 15) is 13.2 Å². The molecule has 7 heteroatoms. The quantitative estimate of drug-likeness (QED) is 0.646. The number of nitrogens with zero attached hydrogens (tertiary/aromatic N) is 1. The Morgan fingerprint density at radius 1 is 1.10 bits per heavy atom. The molecule has 0 aliphatic rings. The van der Waals surface area contributed by atoms with Crippen molar-refractivity contribution < 1.29 is 13.2 Å². The molecule has 2 aromatic carbocycles. The van der Waals surface area contributed by atoms with Crippen LogP contribution in [0.2, 0.25) is 5.02 Å². The van der Waals surface area contributed by atoms with Crippen molar-refractivity contribution in [1.82, 2.24) is 9.62 Å². The van der Waals surface area contributed by atoms with Crippen LogP contribution in [-0.4, -0.2) is 37.5 Å². The highest BCUT2D eigenvalue weighted by Crippen LogP contribution is 2.28. The number of halogens is 1. The lowest BCUT2D eigenvalue weighted by Gasteiger charge is -2.29. The maximum Gasteiger partial charge on any atom is 0.235 e. The summed E-state index contributed by atoms with van der Waals surface area (Å²) in [6, 6.07) is 17.0. The highest BCUT2D eigenvalue weighted by atomic mass is 35.5. The molecule has 0 fully saturated rings. The van der Waals surface area contributed by atoms with Crippen LogP contribution in [0.25, 0.3) is 0 Å². The molecule has 0 bridgehead atoms. The Bertz CT molecular complexity index is 930. The first-order valence-electron chi connectivity index (χ1n) is 9.52. The van der Waals surface area contributed by atoms with Crippen molar-refractivity contribution in [3.05, 3.63) is 70.7 Å². The zero-order valence-electron chi connectivity index (χ0n) is 17.4. The number of hydrogen-bond acceptors (Lipinski definition) is 3. The van der Waals surface area contributed by atoms with Gasteiger partial charge in [-0.3, -0.25) is 4.79 Å². The molecule has 1 atom stereocenters. The molecule has 0 unspecified atom stereocenters. The third kappa shape index (κ3) is 7.14. The van der Waals surface area contributed by atoms with E-state index in [4.69, 9.17) is 11.6 Å². The molecule has 0 aliphatic carbocycles. The number of rotatable bonds is 9. The van der Waals surface area contributed by atoms with Gasteiger partial charge in [0.1, 0.15) is 0 Å². The summed E-state index contributed by atoms with van der Waals surface area (Å²) in [6.45, 7) is 5.99. The summed E-state index contributed by atoms with van der Waals surface area (Å²) in [5, 5.41) is 3.40. The molecular weight excluding hydrogens is 408 g/mol. The van der Waals surface area contributed by atoms with Crippen LogP contribution in [0, 0.1) is 0 Å². The lowest BCUT2D eigenvalue weighted by Crippen LogP contribution is -2.44. The molecule has 29 heavy (non-hydrogen) atoms. The lowest BCUT2D eigenvalue weighted by atomic mass is 9.79. The first-order valence-corrected chi connectivity index (χ1v) is 11.7. The van der Waals surface area contributed by atoms with Crippen molar-refractivity contribution in [1.29, 1.82) is 0 Å².